The summed E-state index contributed by atoms with van der Waals surface area (Å²) in [6, 6.07) is 6.05. The summed E-state index contributed by atoms with van der Waals surface area (Å²) in [4.78, 5) is 37.4. The fourth-order valence-corrected chi connectivity index (χ4v) is 3.31. The monoisotopic (exact) mass is 364 g/mol. The molecule has 1 N–H and O–H groups in total. The Balaban J connectivity index is 1.95. The number of amides is 3. The fourth-order valence-electron chi connectivity index (χ4n) is 2.46. The van der Waals surface area contributed by atoms with Crippen molar-refractivity contribution >= 4 is 34.9 Å². The van der Waals surface area contributed by atoms with Crippen LogP contribution in [0.4, 0.5) is 9.18 Å². The number of thioether (sulfide) groups is 1. The zero-order chi connectivity index (χ0) is 18.4. The summed E-state index contributed by atoms with van der Waals surface area (Å²) in [5.74, 6) is -1.10. The summed E-state index contributed by atoms with van der Waals surface area (Å²) in [6.45, 7) is 4.16. The van der Waals surface area contributed by atoms with Crippen LogP contribution in [0.1, 0.15) is 32.3 Å². The van der Waals surface area contributed by atoms with Gasteiger partial charge in [0.25, 0.3) is 11.1 Å². The molecular formula is C18H21FN2O3S. The van der Waals surface area contributed by atoms with E-state index in [0.717, 1.165) is 29.5 Å². The van der Waals surface area contributed by atoms with Gasteiger partial charge < -0.3 is 5.32 Å². The molecule has 0 saturated carbocycles. The standard InChI is InChI=1S/C18H21FN2O3S/c1-3-6-12(2)16(22)20-9-10-21-17(23)15(25-18(21)24)11-13-7-4-5-8-14(13)19/h4-5,7-8,11-12H,3,6,9-10H2,1-2H3,(H,20,22)/b15-11+. The number of carbonyl (C=O) groups is 3. The number of imide groups is 1. The molecular weight excluding hydrogens is 343 g/mol. The largest absolute Gasteiger partial charge is 0.354 e. The number of hydrogen-bond acceptors (Lipinski definition) is 4. The Labute approximate surface area is 150 Å². The van der Waals surface area contributed by atoms with Crippen molar-refractivity contribution < 1.29 is 18.8 Å². The minimum atomic E-state index is -0.464. The molecule has 7 heteroatoms. The van der Waals surface area contributed by atoms with Crippen molar-refractivity contribution in [3.05, 3.63) is 40.6 Å². The molecule has 1 atom stereocenters. The van der Waals surface area contributed by atoms with Crippen LogP contribution in [0.3, 0.4) is 0 Å². The van der Waals surface area contributed by atoms with Gasteiger partial charge in [0, 0.05) is 24.6 Å². The molecule has 25 heavy (non-hydrogen) atoms. The lowest BCUT2D eigenvalue weighted by molar-refractivity contribution is -0.126. The molecule has 1 unspecified atom stereocenters. The van der Waals surface area contributed by atoms with E-state index in [0.29, 0.717) is 0 Å². The molecule has 5 nitrogen and oxygen atoms in total. The molecule has 1 heterocycles. The molecule has 1 aliphatic rings. The molecule has 0 radical (unpaired) electrons. The molecule has 0 spiro atoms. The lowest BCUT2D eigenvalue weighted by Crippen LogP contribution is -2.38. The second-order valence-corrected chi connectivity index (χ2v) is 6.83. The highest BCUT2D eigenvalue weighted by atomic mass is 32.2. The maximum atomic E-state index is 13.7. The molecule has 1 saturated heterocycles. The van der Waals surface area contributed by atoms with Gasteiger partial charge in [0.15, 0.2) is 0 Å². The maximum absolute atomic E-state index is 13.7. The maximum Gasteiger partial charge on any atom is 0.293 e. The van der Waals surface area contributed by atoms with Crippen molar-refractivity contribution in [1.29, 1.82) is 0 Å². The fraction of sp³-hybridized carbons (Fsp3) is 0.389. The highest BCUT2D eigenvalue weighted by Crippen LogP contribution is 2.32. The second-order valence-electron chi connectivity index (χ2n) is 5.84. The van der Waals surface area contributed by atoms with Crippen molar-refractivity contribution in [1.82, 2.24) is 10.2 Å². The summed E-state index contributed by atoms with van der Waals surface area (Å²) in [5, 5.41) is 2.32. The van der Waals surface area contributed by atoms with Crippen molar-refractivity contribution in [2.45, 2.75) is 26.7 Å². The molecule has 1 fully saturated rings. The van der Waals surface area contributed by atoms with Gasteiger partial charge in [-0.3, -0.25) is 19.3 Å². The van der Waals surface area contributed by atoms with Crippen LogP contribution in [0.25, 0.3) is 6.08 Å². The normalized spacial score (nSPS) is 17.2. The van der Waals surface area contributed by atoms with Crippen LogP contribution in [0, 0.1) is 11.7 Å². The van der Waals surface area contributed by atoms with Crippen molar-refractivity contribution in [3.63, 3.8) is 0 Å². The molecule has 1 aromatic rings. The summed E-state index contributed by atoms with van der Waals surface area (Å²) in [5.41, 5.74) is 0.259. The van der Waals surface area contributed by atoms with Crippen LogP contribution in [-0.4, -0.2) is 35.0 Å². The average Bonchev–Trinajstić information content (AvgIpc) is 2.84. The number of hydrogen-bond donors (Lipinski definition) is 1. The van der Waals surface area contributed by atoms with E-state index >= 15 is 0 Å². The van der Waals surface area contributed by atoms with Gasteiger partial charge in [-0.05, 0) is 30.3 Å². The first kappa shape index (κ1) is 19.2. The molecule has 134 valence electrons. The Hall–Kier alpha value is -2.15. The second kappa shape index (κ2) is 8.80. The van der Waals surface area contributed by atoms with Crippen molar-refractivity contribution in [2.24, 2.45) is 5.92 Å². The van der Waals surface area contributed by atoms with E-state index in [4.69, 9.17) is 0 Å². The summed E-state index contributed by atoms with van der Waals surface area (Å²) in [7, 11) is 0. The number of nitrogens with one attached hydrogen (secondary N) is 1. The predicted octanol–water partition coefficient (Wildman–Crippen LogP) is 3.41. The first-order chi connectivity index (χ1) is 11.9. The van der Waals surface area contributed by atoms with Crippen molar-refractivity contribution in [3.8, 4) is 0 Å². The Morgan fingerprint density at radius 1 is 1.36 bits per heavy atom. The SMILES string of the molecule is CCCC(C)C(=O)NCCN1C(=O)S/C(=C/c2ccccc2F)C1=O. The van der Waals surface area contributed by atoms with E-state index in [-0.39, 0.29) is 35.4 Å². The minimum Gasteiger partial charge on any atom is -0.354 e. The molecule has 2 rings (SSSR count). The molecule has 0 bridgehead atoms. The van der Waals surface area contributed by atoms with Gasteiger partial charge in [0.05, 0.1) is 4.91 Å². The number of carbonyl (C=O) groups excluding carboxylic acids is 3. The van der Waals surface area contributed by atoms with Crippen LogP contribution in [-0.2, 0) is 9.59 Å². The number of nitrogens with zero attached hydrogens (tertiary/aromatic N) is 1. The van der Waals surface area contributed by atoms with Crippen LogP contribution in [0.5, 0.6) is 0 Å². The number of benzene rings is 1. The van der Waals surface area contributed by atoms with Gasteiger partial charge in [0.1, 0.15) is 5.82 Å². The van der Waals surface area contributed by atoms with Crippen LogP contribution in [0.2, 0.25) is 0 Å². The van der Waals surface area contributed by atoms with E-state index in [1.807, 2.05) is 13.8 Å². The topological polar surface area (TPSA) is 66.5 Å². The van der Waals surface area contributed by atoms with Crippen LogP contribution >= 0.6 is 11.8 Å². The lowest BCUT2D eigenvalue weighted by Gasteiger charge is -2.15. The van der Waals surface area contributed by atoms with Gasteiger partial charge >= 0.3 is 0 Å². The van der Waals surface area contributed by atoms with Gasteiger partial charge in [-0.15, -0.1) is 0 Å². The molecule has 0 aromatic heterocycles. The first-order valence-electron chi connectivity index (χ1n) is 8.21. The van der Waals surface area contributed by atoms with Crippen LogP contribution in [0.15, 0.2) is 29.2 Å². The summed E-state index contributed by atoms with van der Waals surface area (Å²) < 4.78 is 13.7. The van der Waals surface area contributed by atoms with E-state index < -0.39 is 17.0 Å². The van der Waals surface area contributed by atoms with Crippen LogP contribution < -0.4 is 5.32 Å². The van der Waals surface area contributed by atoms with E-state index in [2.05, 4.69) is 5.32 Å². The lowest BCUT2D eigenvalue weighted by atomic mass is 10.1. The molecule has 1 aromatic carbocycles. The van der Waals surface area contributed by atoms with Gasteiger partial charge in [-0.25, -0.2) is 4.39 Å². The predicted molar refractivity (Wildman–Crippen MR) is 96.2 cm³/mol. The summed E-state index contributed by atoms with van der Waals surface area (Å²) >= 11 is 0.778. The molecule has 3 amide bonds. The molecule has 0 aliphatic carbocycles. The third-order valence-electron chi connectivity index (χ3n) is 3.87. The van der Waals surface area contributed by atoms with Crippen molar-refractivity contribution in [2.75, 3.05) is 13.1 Å². The van der Waals surface area contributed by atoms with Gasteiger partial charge in [-0.2, -0.15) is 0 Å². The zero-order valence-electron chi connectivity index (χ0n) is 14.3. The third-order valence-corrected chi connectivity index (χ3v) is 4.78. The first-order valence-corrected chi connectivity index (χ1v) is 9.03. The Kier molecular flexibility index (Phi) is 6.75. The van der Waals surface area contributed by atoms with E-state index in [1.54, 1.807) is 18.2 Å². The van der Waals surface area contributed by atoms with Gasteiger partial charge in [0.2, 0.25) is 5.91 Å². The van der Waals surface area contributed by atoms with Gasteiger partial charge in [-0.1, -0.05) is 38.5 Å². The third kappa shape index (κ3) is 4.92. The highest BCUT2D eigenvalue weighted by molar-refractivity contribution is 8.18. The minimum absolute atomic E-state index is 0.0873. The number of rotatable bonds is 7. The zero-order valence-corrected chi connectivity index (χ0v) is 15.1. The number of halogens is 1. The Bertz CT molecular complexity index is 705. The quantitative estimate of drug-likeness (QED) is 0.753. The highest BCUT2D eigenvalue weighted by Gasteiger charge is 2.34. The Morgan fingerprint density at radius 2 is 2.08 bits per heavy atom. The summed E-state index contributed by atoms with van der Waals surface area (Å²) in [6.07, 6.45) is 3.08. The Morgan fingerprint density at radius 3 is 2.76 bits per heavy atom. The van der Waals surface area contributed by atoms with E-state index in [9.17, 15) is 18.8 Å². The smallest absolute Gasteiger partial charge is 0.293 e. The van der Waals surface area contributed by atoms with E-state index in [1.165, 1.54) is 12.1 Å². The average molecular weight is 364 g/mol. The molecule has 1 aliphatic heterocycles.